The molecular formula is C23H30N2O4. The topological polar surface area (TPSA) is 87.7 Å². The van der Waals surface area contributed by atoms with Crippen molar-refractivity contribution in [2.45, 2.75) is 39.3 Å². The fraction of sp³-hybridized carbons (Fsp3) is 0.391. The first-order valence-electron chi connectivity index (χ1n) is 9.91. The van der Waals surface area contributed by atoms with Crippen molar-refractivity contribution in [3.63, 3.8) is 0 Å². The van der Waals surface area contributed by atoms with Crippen LogP contribution in [0.15, 0.2) is 54.6 Å². The lowest BCUT2D eigenvalue weighted by molar-refractivity contribution is -0.124. The van der Waals surface area contributed by atoms with E-state index in [1.807, 2.05) is 51.1 Å². The summed E-state index contributed by atoms with van der Waals surface area (Å²) < 4.78 is 5.56. The Morgan fingerprint density at radius 1 is 1.10 bits per heavy atom. The van der Waals surface area contributed by atoms with E-state index < -0.39 is 12.1 Å². The maximum Gasteiger partial charge on any atom is 0.251 e. The van der Waals surface area contributed by atoms with E-state index in [9.17, 15) is 14.7 Å². The molecule has 3 unspecified atom stereocenters. The van der Waals surface area contributed by atoms with Crippen LogP contribution in [0.3, 0.4) is 0 Å². The van der Waals surface area contributed by atoms with Crippen LogP contribution in [0.25, 0.3) is 0 Å². The van der Waals surface area contributed by atoms with Crippen LogP contribution in [-0.2, 0) is 4.79 Å². The van der Waals surface area contributed by atoms with Crippen LogP contribution in [0.2, 0.25) is 0 Å². The maximum absolute atomic E-state index is 12.7. The summed E-state index contributed by atoms with van der Waals surface area (Å²) in [5, 5.41) is 15.7. The van der Waals surface area contributed by atoms with Crippen LogP contribution >= 0.6 is 0 Å². The lowest BCUT2D eigenvalue weighted by Gasteiger charge is -2.24. The van der Waals surface area contributed by atoms with E-state index in [1.54, 1.807) is 24.3 Å². The summed E-state index contributed by atoms with van der Waals surface area (Å²) >= 11 is 0. The molecule has 29 heavy (non-hydrogen) atoms. The third-order valence-corrected chi connectivity index (χ3v) is 4.76. The highest BCUT2D eigenvalue weighted by molar-refractivity contribution is 5.97. The lowest BCUT2D eigenvalue weighted by atomic mass is 9.97. The zero-order valence-electron chi connectivity index (χ0n) is 17.2. The second-order valence-electron chi connectivity index (χ2n) is 7.23. The van der Waals surface area contributed by atoms with Gasteiger partial charge in [-0.15, -0.1) is 0 Å². The van der Waals surface area contributed by atoms with Gasteiger partial charge in [-0.05, 0) is 42.7 Å². The standard InChI is InChI=1S/C23H30N2O4/c1-4-17(3)21(25-22(27)18-10-6-5-7-11-18)23(28)24-14-19(26)15-29-20-12-8-9-16(2)13-20/h5-13,17,19,21,26H,4,14-15H2,1-3H3,(H,24,28)(H,25,27). The highest BCUT2D eigenvalue weighted by Gasteiger charge is 2.26. The molecule has 0 saturated heterocycles. The fourth-order valence-electron chi connectivity index (χ4n) is 2.80. The van der Waals surface area contributed by atoms with Gasteiger partial charge in [-0.3, -0.25) is 9.59 Å². The van der Waals surface area contributed by atoms with Crippen LogP contribution in [-0.4, -0.2) is 42.2 Å². The number of carbonyl (C=O) groups is 2. The molecule has 6 heteroatoms. The molecule has 2 amide bonds. The number of ether oxygens (including phenoxy) is 1. The molecule has 3 atom stereocenters. The summed E-state index contributed by atoms with van der Waals surface area (Å²) in [5.41, 5.74) is 1.57. The van der Waals surface area contributed by atoms with Crippen molar-refractivity contribution in [3.05, 3.63) is 65.7 Å². The number of nitrogens with one attached hydrogen (secondary N) is 2. The predicted octanol–water partition coefficient (Wildman–Crippen LogP) is 2.70. The minimum Gasteiger partial charge on any atom is -0.491 e. The van der Waals surface area contributed by atoms with Gasteiger partial charge < -0.3 is 20.5 Å². The second-order valence-corrected chi connectivity index (χ2v) is 7.23. The van der Waals surface area contributed by atoms with Gasteiger partial charge in [0, 0.05) is 12.1 Å². The van der Waals surface area contributed by atoms with Gasteiger partial charge >= 0.3 is 0 Å². The number of aliphatic hydroxyl groups is 1. The quantitative estimate of drug-likeness (QED) is 0.574. The third-order valence-electron chi connectivity index (χ3n) is 4.76. The Labute approximate surface area is 172 Å². The Bertz CT molecular complexity index is 794. The third kappa shape index (κ3) is 7.23. The molecule has 156 valence electrons. The summed E-state index contributed by atoms with van der Waals surface area (Å²) in [6.07, 6.45) is -0.131. The van der Waals surface area contributed by atoms with Gasteiger partial charge in [-0.2, -0.15) is 0 Å². The Hall–Kier alpha value is -2.86. The molecule has 0 aliphatic carbocycles. The largest absolute Gasteiger partial charge is 0.491 e. The first-order valence-corrected chi connectivity index (χ1v) is 9.91. The summed E-state index contributed by atoms with van der Waals surface area (Å²) in [5.74, 6) is -0.000974. The van der Waals surface area contributed by atoms with Crippen molar-refractivity contribution in [1.29, 1.82) is 0 Å². The van der Waals surface area contributed by atoms with E-state index in [0.29, 0.717) is 11.3 Å². The number of hydrogen-bond donors (Lipinski definition) is 3. The molecule has 0 saturated carbocycles. The van der Waals surface area contributed by atoms with Crippen LogP contribution < -0.4 is 15.4 Å². The van der Waals surface area contributed by atoms with E-state index in [4.69, 9.17) is 4.74 Å². The van der Waals surface area contributed by atoms with Crippen molar-refractivity contribution in [3.8, 4) is 5.75 Å². The van der Waals surface area contributed by atoms with E-state index in [0.717, 1.165) is 12.0 Å². The summed E-state index contributed by atoms with van der Waals surface area (Å²) in [6.45, 7) is 5.94. The van der Waals surface area contributed by atoms with E-state index in [2.05, 4.69) is 10.6 Å². The predicted molar refractivity (Wildman–Crippen MR) is 113 cm³/mol. The fourth-order valence-corrected chi connectivity index (χ4v) is 2.80. The zero-order chi connectivity index (χ0) is 21.2. The smallest absolute Gasteiger partial charge is 0.251 e. The van der Waals surface area contributed by atoms with Gasteiger partial charge in [0.25, 0.3) is 5.91 Å². The molecule has 0 bridgehead atoms. The van der Waals surface area contributed by atoms with Crippen LogP contribution in [0.5, 0.6) is 5.75 Å². The van der Waals surface area contributed by atoms with Crippen LogP contribution in [0.1, 0.15) is 36.2 Å². The Balaban J connectivity index is 1.87. The number of benzene rings is 2. The molecule has 0 spiro atoms. The lowest BCUT2D eigenvalue weighted by Crippen LogP contribution is -2.51. The Kier molecular flexibility index (Phi) is 8.68. The normalized spacial score (nSPS) is 13.8. The molecule has 2 rings (SSSR count). The van der Waals surface area contributed by atoms with Gasteiger partial charge in [0.2, 0.25) is 5.91 Å². The molecule has 0 aliphatic heterocycles. The highest BCUT2D eigenvalue weighted by Crippen LogP contribution is 2.13. The van der Waals surface area contributed by atoms with Crippen molar-refractivity contribution in [2.75, 3.05) is 13.2 Å². The summed E-state index contributed by atoms with van der Waals surface area (Å²) in [6, 6.07) is 15.6. The van der Waals surface area contributed by atoms with Gasteiger partial charge in [-0.1, -0.05) is 50.6 Å². The first kappa shape index (κ1) is 22.4. The number of rotatable bonds is 10. The molecule has 0 heterocycles. The average Bonchev–Trinajstić information content (AvgIpc) is 2.74. The molecule has 0 radical (unpaired) electrons. The Morgan fingerprint density at radius 3 is 2.48 bits per heavy atom. The van der Waals surface area contributed by atoms with Crippen molar-refractivity contribution in [1.82, 2.24) is 10.6 Å². The van der Waals surface area contributed by atoms with E-state index in [1.165, 1.54) is 0 Å². The second kappa shape index (κ2) is 11.2. The molecule has 2 aromatic rings. The molecule has 0 aromatic heterocycles. The van der Waals surface area contributed by atoms with E-state index >= 15 is 0 Å². The highest BCUT2D eigenvalue weighted by atomic mass is 16.5. The zero-order valence-corrected chi connectivity index (χ0v) is 17.2. The SMILES string of the molecule is CCC(C)C(NC(=O)c1ccccc1)C(=O)NCC(O)COc1cccc(C)c1. The van der Waals surface area contributed by atoms with Gasteiger partial charge in [-0.25, -0.2) is 0 Å². The molecular weight excluding hydrogens is 368 g/mol. The first-order chi connectivity index (χ1) is 13.9. The van der Waals surface area contributed by atoms with Gasteiger partial charge in [0.05, 0.1) is 0 Å². The van der Waals surface area contributed by atoms with Crippen molar-refractivity contribution >= 4 is 11.8 Å². The monoisotopic (exact) mass is 398 g/mol. The summed E-state index contributed by atoms with van der Waals surface area (Å²) in [4.78, 5) is 25.1. The minimum absolute atomic E-state index is 0.0405. The molecule has 3 N–H and O–H groups in total. The number of aliphatic hydroxyl groups excluding tert-OH is 1. The minimum atomic E-state index is -0.859. The van der Waals surface area contributed by atoms with Crippen molar-refractivity contribution < 1.29 is 19.4 Å². The molecule has 2 aromatic carbocycles. The number of aryl methyl sites for hydroxylation is 1. The van der Waals surface area contributed by atoms with Crippen LogP contribution in [0, 0.1) is 12.8 Å². The van der Waals surface area contributed by atoms with E-state index in [-0.39, 0.29) is 30.9 Å². The molecule has 6 nitrogen and oxygen atoms in total. The summed E-state index contributed by atoms with van der Waals surface area (Å²) in [7, 11) is 0. The average molecular weight is 399 g/mol. The van der Waals surface area contributed by atoms with Crippen molar-refractivity contribution in [2.24, 2.45) is 5.92 Å². The molecule has 0 fully saturated rings. The molecule has 0 aliphatic rings. The van der Waals surface area contributed by atoms with Gasteiger partial charge in [0.15, 0.2) is 0 Å². The van der Waals surface area contributed by atoms with Crippen LogP contribution in [0.4, 0.5) is 0 Å². The number of amides is 2. The number of hydrogen-bond acceptors (Lipinski definition) is 4. The Morgan fingerprint density at radius 2 is 1.83 bits per heavy atom. The number of carbonyl (C=O) groups excluding carboxylic acids is 2. The maximum atomic E-state index is 12.7. The van der Waals surface area contributed by atoms with Gasteiger partial charge in [0.1, 0.15) is 24.5 Å².